The van der Waals surface area contributed by atoms with E-state index in [0.717, 1.165) is 5.56 Å². The molecule has 0 aromatic carbocycles. The number of hydrogen-bond acceptors (Lipinski definition) is 4. The molecule has 0 fully saturated rings. The lowest BCUT2D eigenvalue weighted by Crippen LogP contribution is -2.27. The minimum absolute atomic E-state index is 0.00395. The van der Waals surface area contributed by atoms with Gasteiger partial charge in [0.05, 0.1) is 18.2 Å². The predicted molar refractivity (Wildman–Crippen MR) is 83.0 cm³/mol. The largest absolute Gasteiger partial charge is 0.395 e. The quantitative estimate of drug-likeness (QED) is 0.852. The normalized spacial score (nSPS) is 11.3. The first-order valence-electron chi connectivity index (χ1n) is 6.60. The third-order valence-corrected chi connectivity index (χ3v) is 3.57. The molecule has 2 N–H and O–H groups in total. The maximum atomic E-state index is 12.3. The Morgan fingerprint density at radius 3 is 3.10 bits per heavy atom. The number of nitrogens with one attached hydrogen (secondary N) is 1. The second kappa shape index (κ2) is 7.58. The van der Waals surface area contributed by atoms with E-state index in [9.17, 15) is 4.79 Å². The molecular formula is C16H16N2O2S. The average Bonchev–Trinajstić information content (AvgIpc) is 3.02. The number of aliphatic hydroxyl groups excluding tert-OH is 1. The first-order chi connectivity index (χ1) is 10.2. The van der Waals surface area contributed by atoms with E-state index in [-0.39, 0.29) is 18.6 Å². The Kier molecular flexibility index (Phi) is 5.50. The minimum Gasteiger partial charge on any atom is -0.395 e. The van der Waals surface area contributed by atoms with Gasteiger partial charge in [0, 0.05) is 12.6 Å². The highest BCUT2D eigenvalue weighted by molar-refractivity contribution is 7.07. The van der Waals surface area contributed by atoms with Crippen molar-refractivity contribution in [2.75, 3.05) is 6.61 Å². The number of thiophene rings is 1. The van der Waals surface area contributed by atoms with E-state index < -0.39 is 0 Å². The van der Waals surface area contributed by atoms with Gasteiger partial charge in [0.25, 0.3) is 5.91 Å². The summed E-state index contributed by atoms with van der Waals surface area (Å²) in [4.78, 5) is 16.4. The van der Waals surface area contributed by atoms with Crippen molar-refractivity contribution >= 4 is 17.2 Å². The summed E-state index contributed by atoms with van der Waals surface area (Å²) in [6.07, 6.45) is 1.95. The lowest BCUT2D eigenvalue weighted by Gasteiger charge is -2.12. The van der Waals surface area contributed by atoms with Crippen LogP contribution in [0.5, 0.6) is 0 Å². The second-order valence-electron chi connectivity index (χ2n) is 4.43. The molecule has 0 radical (unpaired) electrons. The number of pyridine rings is 1. The zero-order valence-corrected chi connectivity index (χ0v) is 12.5. The lowest BCUT2D eigenvalue weighted by atomic mass is 10.1. The number of nitrogens with zero attached hydrogens (tertiary/aromatic N) is 1. The van der Waals surface area contributed by atoms with Gasteiger partial charge in [-0.2, -0.15) is 11.3 Å². The lowest BCUT2D eigenvalue weighted by molar-refractivity contribution is 0.0934. The van der Waals surface area contributed by atoms with E-state index in [4.69, 9.17) is 5.11 Å². The fraction of sp³-hybridized carbons (Fsp3) is 0.250. The standard InChI is InChI=1S/C16H16N2O2S/c1-12(14-7-10-21-11-14)18-16(20)15-13(5-2-3-9-19)6-4-8-17-15/h4,6-8,10-12,19H,3,9H2,1H3,(H,18,20). The minimum atomic E-state index is -0.248. The van der Waals surface area contributed by atoms with E-state index >= 15 is 0 Å². The van der Waals surface area contributed by atoms with E-state index in [1.54, 1.807) is 29.7 Å². The summed E-state index contributed by atoms with van der Waals surface area (Å²) < 4.78 is 0. The fourth-order valence-electron chi connectivity index (χ4n) is 1.77. The van der Waals surface area contributed by atoms with Gasteiger partial charge in [-0.3, -0.25) is 4.79 Å². The van der Waals surface area contributed by atoms with Gasteiger partial charge in [-0.25, -0.2) is 4.98 Å². The van der Waals surface area contributed by atoms with Crippen molar-refractivity contribution in [1.29, 1.82) is 0 Å². The van der Waals surface area contributed by atoms with Crippen LogP contribution < -0.4 is 5.32 Å². The van der Waals surface area contributed by atoms with E-state index in [1.807, 2.05) is 23.8 Å². The molecule has 0 aliphatic rings. The maximum Gasteiger partial charge on any atom is 0.271 e. The zero-order valence-electron chi connectivity index (χ0n) is 11.7. The van der Waals surface area contributed by atoms with Crippen LogP contribution in [0.15, 0.2) is 35.2 Å². The number of aromatic nitrogens is 1. The summed E-state index contributed by atoms with van der Waals surface area (Å²) in [7, 11) is 0. The summed E-state index contributed by atoms with van der Waals surface area (Å²) in [5, 5.41) is 15.7. The monoisotopic (exact) mass is 300 g/mol. The van der Waals surface area contributed by atoms with E-state index in [0.29, 0.717) is 17.7 Å². The van der Waals surface area contributed by atoms with Crippen molar-refractivity contribution in [2.24, 2.45) is 0 Å². The molecule has 4 nitrogen and oxygen atoms in total. The van der Waals surface area contributed by atoms with Gasteiger partial charge in [0.15, 0.2) is 0 Å². The van der Waals surface area contributed by atoms with Crippen LogP contribution in [0, 0.1) is 11.8 Å². The Hall–Kier alpha value is -2.16. The molecule has 0 saturated heterocycles. The number of carbonyl (C=O) groups excluding carboxylic acids is 1. The van der Waals surface area contributed by atoms with Crippen molar-refractivity contribution in [2.45, 2.75) is 19.4 Å². The van der Waals surface area contributed by atoms with Crippen LogP contribution >= 0.6 is 11.3 Å². The molecule has 2 heterocycles. The van der Waals surface area contributed by atoms with Crippen LogP contribution in [-0.2, 0) is 0 Å². The summed E-state index contributed by atoms with van der Waals surface area (Å²) >= 11 is 1.59. The number of aliphatic hydroxyl groups is 1. The Bertz CT molecular complexity index is 656. The Labute approximate surface area is 127 Å². The molecule has 2 aromatic rings. The molecule has 0 spiro atoms. The number of carbonyl (C=O) groups is 1. The molecule has 1 amide bonds. The smallest absolute Gasteiger partial charge is 0.271 e. The molecule has 2 aromatic heterocycles. The molecular weight excluding hydrogens is 284 g/mol. The molecule has 0 saturated carbocycles. The Morgan fingerprint density at radius 2 is 2.38 bits per heavy atom. The first-order valence-corrected chi connectivity index (χ1v) is 7.54. The van der Waals surface area contributed by atoms with Crippen LogP contribution in [-0.4, -0.2) is 22.6 Å². The first kappa shape index (κ1) is 15.2. The Morgan fingerprint density at radius 1 is 1.52 bits per heavy atom. The summed E-state index contributed by atoms with van der Waals surface area (Å²) in [5.41, 5.74) is 1.95. The molecule has 1 unspecified atom stereocenters. The third kappa shape index (κ3) is 4.15. The summed E-state index contributed by atoms with van der Waals surface area (Å²) in [5.74, 6) is 5.43. The SMILES string of the molecule is CC(NC(=O)c1ncccc1C#CCCO)c1ccsc1. The van der Waals surface area contributed by atoms with Gasteiger partial charge < -0.3 is 10.4 Å². The van der Waals surface area contributed by atoms with Crippen LogP contribution in [0.1, 0.15) is 41.0 Å². The fourth-order valence-corrected chi connectivity index (χ4v) is 2.52. The van der Waals surface area contributed by atoms with Gasteiger partial charge >= 0.3 is 0 Å². The van der Waals surface area contributed by atoms with Gasteiger partial charge in [0.1, 0.15) is 5.69 Å². The average molecular weight is 300 g/mol. The second-order valence-corrected chi connectivity index (χ2v) is 5.21. The van der Waals surface area contributed by atoms with E-state index in [2.05, 4.69) is 22.1 Å². The highest BCUT2D eigenvalue weighted by Gasteiger charge is 2.15. The summed E-state index contributed by atoms with van der Waals surface area (Å²) in [6, 6.07) is 5.39. The molecule has 2 rings (SSSR count). The number of amides is 1. The molecule has 5 heteroatoms. The molecule has 108 valence electrons. The molecule has 0 aliphatic carbocycles. The highest BCUT2D eigenvalue weighted by Crippen LogP contribution is 2.16. The highest BCUT2D eigenvalue weighted by atomic mass is 32.1. The van der Waals surface area contributed by atoms with E-state index in [1.165, 1.54) is 0 Å². The van der Waals surface area contributed by atoms with Crippen LogP contribution in [0.4, 0.5) is 0 Å². The Balaban J connectivity index is 2.14. The van der Waals surface area contributed by atoms with Crippen LogP contribution in [0.3, 0.4) is 0 Å². The zero-order chi connectivity index (χ0) is 15.1. The van der Waals surface area contributed by atoms with Crippen molar-refractivity contribution in [3.05, 3.63) is 52.0 Å². The number of hydrogen-bond donors (Lipinski definition) is 2. The van der Waals surface area contributed by atoms with Gasteiger partial charge in [-0.15, -0.1) is 0 Å². The van der Waals surface area contributed by atoms with Gasteiger partial charge in [-0.1, -0.05) is 11.8 Å². The summed E-state index contributed by atoms with van der Waals surface area (Å²) in [6.45, 7) is 1.93. The van der Waals surface area contributed by atoms with Crippen molar-refractivity contribution in [3.63, 3.8) is 0 Å². The van der Waals surface area contributed by atoms with Crippen LogP contribution in [0.25, 0.3) is 0 Å². The number of rotatable bonds is 4. The molecule has 1 atom stereocenters. The molecule has 0 aliphatic heterocycles. The van der Waals surface area contributed by atoms with Gasteiger partial charge in [-0.05, 0) is 41.4 Å². The van der Waals surface area contributed by atoms with Crippen LogP contribution in [0.2, 0.25) is 0 Å². The molecule has 21 heavy (non-hydrogen) atoms. The predicted octanol–water partition coefficient (Wildman–Crippen LogP) is 2.37. The maximum absolute atomic E-state index is 12.3. The van der Waals surface area contributed by atoms with Crippen molar-refractivity contribution in [3.8, 4) is 11.8 Å². The third-order valence-electron chi connectivity index (χ3n) is 2.87. The molecule has 0 bridgehead atoms. The van der Waals surface area contributed by atoms with Crippen molar-refractivity contribution in [1.82, 2.24) is 10.3 Å². The van der Waals surface area contributed by atoms with Crippen molar-refractivity contribution < 1.29 is 9.90 Å². The van der Waals surface area contributed by atoms with Gasteiger partial charge in [0.2, 0.25) is 0 Å². The topological polar surface area (TPSA) is 62.2 Å².